The van der Waals surface area contributed by atoms with Crippen LogP contribution in [0.1, 0.15) is 101 Å². The largest absolute Gasteiger partial charge is 0.223 e. The van der Waals surface area contributed by atoms with Crippen molar-refractivity contribution in [3.05, 3.63) is 106 Å². The summed E-state index contributed by atoms with van der Waals surface area (Å²) in [5.41, 5.74) is 7.24. The fourth-order valence-corrected chi connectivity index (χ4v) is 10.4. The van der Waals surface area contributed by atoms with E-state index in [1.165, 1.54) is 22.3 Å². The monoisotopic (exact) mass is 632 g/mol. The molecule has 4 nitrogen and oxygen atoms in total. The summed E-state index contributed by atoms with van der Waals surface area (Å²) >= 11 is 0. The van der Waals surface area contributed by atoms with Crippen LogP contribution in [-0.4, -0.2) is 27.3 Å². The van der Waals surface area contributed by atoms with Crippen LogP contribution in [0, 0.1) is 13.8 Å². The van der Waals surface area contributed by atoms with Gasteiger partial charge in [-0.05, 0) is 126 Å². The quantitative estimate of drug-likeness (QED) is 0.337. The predicted octanol–water partition coefficient (Wildman–Crippen LogP) is 9.50. The van der Waals surface area contributed by atoms with Gasteiger partial charge in [-0.1, -0.05) is 83.7 Å². The van der Waals surface area contributed by atoms with Crippen LogP contribution >= 0.6 is 0 Å². The molecule has 0 N–H and O–H groups in total. The lowest BCUT2D eigenvalue weighted by molar-refractivity contribution is 0.578. The van der Waals surface area contributed by atoms with E-state index in [9.17, 15) is 16.8 Å². The minimum Gasteiger partial charge on any atom is -0.223 e. The fourth-order valence-electron chi connectivity index (χ4n) is 6.92. The third kappa shape index (κ3) is 7.92. The van der Waals surface area contributed by atoms with Gasteiger partial charge in [0.25, 0.3) is 0 Å². The van der Waals surface area contributed by atoms with Gasteiger partial charge in [0, 0.05) is 0 Å². The summed E-state index contributed by atoms with van der Waals surface area (Å²) in [6.45, 7) is 3.96. The van der Waals surface area contributed by atoms with E-state index < -0.39 is 19.7 Å². The highest BCUT2D eigenvalue weighted by Gasteiger charge is 2.35. The highest BCUT2D eigenvalue weighted by atomic mass is 32.2. The molecular formula is C38H48O4S2. The molecule has 0 spiro atoms. The zero-order valence-corrected chi connectivity index (χ0v) is 28.1. The van der Waals surface area contributed by atoms with Gasteiger partial charge < -0.3 is 0 Å². The van der Waals surface area contributed by atoms with Gasteiger partial charge in [0.1, 0.15) is 0 Å². The Morgan fingerprint density at radius 1 is 0.500 bits per heavy atom. The zero-order chi connectivity index (χ0) is 31.2. The van der Waals surface area contributed by atoms with Crippen LogP contribution in [0.15, 0.2) is 105 Å². The zero-order valence-electron chi connectivity index (χ0n) is 26.4. The number of hydrogen-bond acceptors (Lipinski definition) is 4. The number of allylic oxidation sites excluding steroid dienone is 8. The average molecular weight is 633 g/mol. The summed E-state index contributed by atoms with van der Waals surface area (Å²) < 4.78 is 53.9. The molecule has 3 aliphatic carbocycles. The van der Waals surface area contributed by atoms with Crippen LogP contribution in [0.2, 0.25) is 0 Å². The molecule has 0 aromatic heterocycles. The second kappa shape index (κ2) is 14.6. The summed E-state index contributed by atoms with van der Waals surface area (Å²) in [5.74, 6) is 0. The molecule has 3 aliphatic rings. The summed E-state index contributed by atoms with van der Waals surface area (Å²) in [6, 6.07) is 14.6. The molecule has 2 aromatic rings. The predicted molar refractivity (Wildman–Crippen MR) is 181 cm³/mol. The second-order valence-electron chi connectivity index (χ2n) is 13.0. The summed E-state index contributed by atoms with van der Waals surface area (Å²) in [5, 5.41) is -0.743. The van der Waals surface area contributed by atoms with Crippen molar-refractivity contribution in [2.45, 2.75) is 124 Å². The molecule has 2 unspecified atom stereocenters. The normalized spacial score (nSPS) is 24.3. The van der Waals surface area contributed by atoms with Gasteiger partial charge in [-0.15, -0.1) is 0 Å². The van der Waals surface area contributed by atoms with Crippen molar-refractivity contribution >= 4 is 19.7 Å². The van der Waals surface area contributed by atoms with Crippen LogP contribution in [0.5, 0.6) is 0 Å². The number of rotatable bonds is 4. The molecule has 44 heavy (non-hydrogen) atoms. The third-order valence-electron chi connectivity index (χ3n) is 9.67. The summed E-state index contributed by atoms with van der Waals surface area (Å²) in [4.78, 5) is 0.879. The van der Waals surface area contributed by atoms with E-state index in [1.54, 1.807) is 24.3 Å². The van der Waals surface area contributed by atoms with Gasteiger partial charge in [-0.2, -0.15) is 0 Å². The Labute approximate surface area is 265 Å². The first-order valence-corrected chi connectivity index (χ1v) is 19.6. The Hall–Kier alpha value is -2.70. The van der Waals surface area contributed by atoms with Crippen LogP contribution in [0.3, 0.4) is 0 Å². The number of aryl methyl sites for hydroxylation is 2. The Morgan fingerprint density at radius 2 is 0.886 bits per heavy atom. The minimum absolute atomic E-state index is 0.371. The molecule has 0 bridgehead atoms. The summed E-state index contributed by atoms with van der Waals surface area (Å²) in [6.07, 6.45) is 21.7. The molecule has 0 radical (unpaired) electrons. The van der Waals surface area contributed by atoms with Crippen molar-refractivity contribution in [3.63, 3.8) is 0 Å². The Kier molecular flexibility index (Phi) is 10.8. The molecule has 236 valence electrons. The van der Waals surface area contributed by atoms with Gasteiger partial charge in [-0.3, -0.25) is 0 Å². The SMILES string of the molecule is Cc1ccc(S(=O)(=O)C2CC3=C(CCCCC/C=C/C4=C(CCCCC/C=C/3)CC(S(=O)(=O)c3ccc(C)cc3)C4)C2)cc1. The molecule has 6 heteroatoms. The van der Waals surface area contributed by atoms with Crippen LogP contribution in [-0.2, 0) is 19.7 Å². The highest BCUT2D eigenvalue weighted by molar-refractivity contribution is 7.92. The van der Waals surface area contributed by atoms with Crippen molar-refractivity contribution in [2.24, 2.45) is 0 Å². The maximum atomic E-state index is 13.5. The van der Waals surface area contributed by atoms with E-state index in [0.717, 1.165) is 75.3 Å². The van der Waals surface area contributed by atoms with E-state index in [4.69, 9.17) is 0 Å². The van der Waals surface area contributed by atoms with Crippen molar-refractivity contribution in [2.75, 3.05) is 0 Å². The van der Waals surface area contributed by atoms with Crippen molar-refractivity contribution < 1.29 is 16.8 Å². The first-order valence-electron chi connectivity index (χ1n) is 16.5. The molecule has 0 saturated carbocycles. The Balaban J connectivity index is 1.22. The highest BCUT2D eigenvalue weighted by Crippen LogP contribution is 2.39. The average Bonchev–Trinajstić information content (AvgIpc) is 3.61. The van der Waals surface area contributed by atoms with Gasteiger partial charge in [0.05, 0.1) is 20.3 Å². The molecule has 0 amide bonds. The number of sulfone groups is 2. The standard InChI is InChI=1S/C38H48O4S2/c1-29-17-21-35(22-18-29)43(39,40)37-25-31-13-9-5-3-7-11-15-33-27-38(44(41,42)36-23-19-30(2)20-24-36)28-34(33)16-12-8-4-6-10-14-32(31)26-37/h9,12-13,16-24,37-38H,3-8,10-11,14-15,25-28H2,1-2H3/b13-9+,16-12+. The van der Waals surface area contributed by atoms with E-state index in [1.807, 2.05) is 38.1 Å². The maximum absolute atomic E-state index is 13.5. The lowest BCUT2D eigenvalue weighted by Gasteiger charge is -2.13. The van der Waals surface area contributed by atoms with Gasteiger partial charge >= 0.3 is 0 Å². The number of hydrogen-bond donors (Lipinski definition) is 0. The van der Waals surface area contributed by atoms with Gasteiger partial charge in [0.2, 0.25) is 0 Å². The molecule has 0 heterocycles. The van der Waals surface area contributed by atoms with Gasteiger partial charge in [0.15, 0.2) is 19.7 Å². The van der Waals surface area contributed by atoms with Crippen molar-refractivity contribution in [1.82, 2.24) is 0 Å². The maximum Gasteiger partial charge on any atom is 0.181 e. The van der Waals surface area contributed by atoms with E-state index in [0.29, 0.717) is 35.5 Å². The van der Waals surface area contributed by atoms with E-state index in [2.05, 4.69) is 24.3 Å². The van der Waals surface area contributed by atoms with E-state index >= 15 is 0 Å². The van der Waals surface area contributed by atoms with Crippen molar-refractivity contribution in [1.29, 1.82) is 0 Å². The Morgan fingerprint density at radius 3 is 1.27 bits per heavy atom. The van der Waals surface area contributed by atoms with Crippen molar-refractivity contribution in [3.8, 4) is 0 Å². The first kappa shape index (κ1) is 32.7. The van der Waals surface area contributed by atoms with Crippen LogP contribution in [0.4, 0.5) is 0 Å². The third-order valence-corrected chi connectivity index (χ3v) is 13.9. The Bertz CT molecular complexity index is 1510. The molecule has 0 aliphatic heterocycles. The lowest BCUT2D eigenvalue weighted by Crippen LogP contribution is -2.19. The molecule has 2 aromatic carbocycles. The molecule has 2 atom stereocenters. The molecule has 5 rings (SSSR count). The van der Waals surface area contributed by atoms with E-state index in [-0.39, 0.29) is 10.5 Å². The molecule has 0 saturated heterocycles. The molecular weight excluding hydrogens is 585 g/mol. The van der Waals surface area contributed by atoms with Crippen LogP contribution < -0.4 is 0 Å². The topological polar surface area (TPSA) is 68.3 Å². The minimum atomic E-state index is -3.37. The number of benzene rings is 2. The summed E-state index contributed by atoms with van der Waals surface area (Å²) in [7, 11) is -6.73. The fraction of sp³-hybridized carbons (Fsp3) is 0.474. The lowest BCUT2D eigenvalue weighted by atomic mass is 10.0. The second-order valence-corrected chi connectivity index (χ2v) is 17.5. The smallest absolute Gasteiger partial charge is 0.181 e. The first-order chi connectivity index (χ1) is 21.1. The van der Waals surface area contributed by atoms with Gasteiger partial charge in [-0.25, -0.2) is 16.8 Å². The van der Waals surface area contributed by atoms with Crippen LogP contribution in [0.25, 0.3) is 0 Å². The molecule has 0 fully saturated rings.